The molecule has 180 valence electrons. The van der Waals surface area contributed by atoms with E-state index in [1.165, 1.54) is 5.56 Å². The van der Waals surface area contributed by atoms with Crippen LogP contribution in [0.2, 0.25) is 0 Å². The molecule has 0 spiro atoms. The van der Waals surface area contributed by atoms with Gasteiger partial charge in [-0.05, 0) is 42.7 Å². The Kier molecular flexibility index (Phi) is 6.97. The fourth-order valence-corrected chi connectivity index (χ4v) is 4.84. The largest absolute Gasteiger partial charge is 0.497 e. The minimum atomic E-state index is 0.00170. The Labute approximate surface area is 199 Å². The van der Waals surface area contributed by atoms with E-state index in [9.17, 15) is 4.79 Å². The second-order valence-electron chi connectivity index (χ2n) is 8.91. The zero-order chi connectivity index (χ0) is 23.3. The van der Waals surface area contributed by atoms with Crippen molar-refractivity contribution in [1.82, 2.24) is 15.2 Å². The summed E-state index contributed by atoms with van der Waals surface area (Å²) >= 11 is 0. The minimum Gasteiger partial charge on any atom is -0.497 e. The molecule has 0 radical (unpaired) electrons. The number of piperidine rings is 1. The monoisotopic (exact) mass is 464 g/mol. The summed E-state index contributed by atoms with van der Waals surface area (Å²) in [4.78, 5) is 22.2. The quantitative estimate of drug-likeness (QED) is 0.575. The van der Waals surface area contributed by atoms with Crippen molar-refractivity contribution in [3.05, 3.63) is 54.1 Å². The van der Waals surface area contributed by atoms with Crippen molar-refractivity contribution in [3.63, 3.8) is 0 Å². The first-order chi connectivity index (χ1) is 16.7. The molecule has 0 aliphatic carbocycles. The standard InChI is InChI=1S/C26H32N4O4/c1-32-21-8-6-19(7-9-21)23(29-14-16-33-17-15-29)18-27-25(31)20-10-12-30(13-11-20)26-28-22-4-2-3-5-24(22)34-26/h2-9,20,23H,10-18H2,1H3,(H,27,31). The molecule has 3 aromatic rings. The molecule has 2 aromatic carbocycles. The van der Waals surface area contributed by atoms with Crippen LogP contribution in [0.4, 0.5) is 6.01 Å². The van der Waals surface area contributed by atoms with Crippen LogP contribution in [0.5, 0.6) is 5.75 Å². The molecule has 34 heavy (non-hydrogen) atoms. The van der Waals surface area contributed by atoms with Crippen LogP contribution in [-0.2, 0) is 9.53 Å². The molecule has 1 aromatic heterocycles. The molecule has 1 N–H and O–H groups in total. The number of nitrogens with zero attached hydrogens (tertiary/aromatic N) is 3. The maximum absolute atomic E-state index is 13.1. The molecule has 1 unspecified atom stereocenters. The number of ether oxygens (including phenoxy) is 2. The minimum absolute atomic E-state index is 0.00170. The number of methoxy groups -OCH3 is 1. The number of fused-ring (bicyclic) bond motifs is 1. The molecule has 8 nitrogen and oxygen atoms in total. The van der Waals surface area contributed by atoms with Gasteiger partial charge >= 0.3 is 0 Å². The molecule has 0 bridgehead atoms. The summed E-state index contributed by atoms with van der Waals surface area (Å²) in [6, 6.07) is 16.7. The highest BCUT2D eigenvalue weighted by atomic mass is 16.5. The summed E-state index contributed by atoms with van der Waals surface area (Å²) in [5, 5.41) is 3.24. The first-order valence-electron chi connectivity index (χ1n) is 12.1. The Balaban J connectivity index is 1.18. The van der Waals surface area contributed by atoms with Crippen LogP contribution >= 0.6 is 0 Å². The van der Waals surface area contributed by atoms with Gasteiger partial charge in [-0.3, -0.25) is 9.69 Å². The fraction of sp³-hybridized carbons (Fsp3) is 0.462. The molecule has 2 aliphatic heterocycles. The van der Waals surface area contributed by atoms with E-state index >= 15 is 0 Å². The Hall–Kier alpha value is -3.10. The van der Waals surface area contributed by atoms with Crippen molar-refractivity contribution in [2.45, 2.75) is 18.9 Å². The van der Waals surface area contributed by atoms with Gasteiger partial charge in [-0.1, -0.05) is 24.3 Å². The van der Waals surface area contributed by atoms with Gasteiger partial charge in [0.05, 0.1) is 26.4 Å². The summed E-state index contributed by atoms with van der Waals surface area (Å²) in [5.41, 5.74) is 2.84. The number of hydrogen-bond acceptors (Lipinski definition) is 7. The van der Waals surface area contributed by atoms with Crippen LogP contribution in [0.15, 0.2) is 52.9 Å². The van der Waals surface area contributed by atoms with E-state index in [1.54, 1.807) is 7.11 Å². The topological polar surface area (TPSA) is 80.1 Å². The van der Waals surface area contributed by atoms with E-state index in [0.717, 1.165) is 69.1 Å². The van der Waals surface area contributed by atoms with E-state index in [2.05, 4.69) is 32.2 Å². The molecular formula is C26H32N4O4. The highest BCUT2D eigenvalue weighted by Crippen LogP contribution is 2.27. The van der Waals surface area contributed by atoms with Gasteiger partial charge < -0.3 is 24.1 Å². The summed E-state index contributed by atoms with van der Waals surface area (Å²) in [5.74, 6) is 0.963. The summed E-state index contributed by atoms with van der Waals surface area (Å²) in [7, 11) is 1.67. The first kappa shape index (κ1) is 22.7. The lowest BCUT2D eigenvalue weighted by Crippen LogP contribution is -2.46. The Morgan fingerprint density at radius 3 is 2.53 bits per heavy atom. The molecule has 3 heterocycles. The average molecular weight is 465 g/mol. The number of oxazole rings is 1. The number of benzene rings is 2. The molecule has 1 atom stereocenters. The van der Waals surface area contributed by atoms with Gasteiger partial charge in [0.1, 0.15) is 11.3 Å². The Morgan fingerprint density at radius 2 is 1.82 bits per heavy atom. The molecule has 2 aliphatic rings. The molecule has 8 heteroatoms. The number of hydrogen-bond donors (Lipinski definition) is 1. The van der Waals surface area contributed by atoms with Gasteiger partial charge in [-0.25, -0.2) is 0 Å². The number of rotatable bonds is 7. The smallest absolute Gasteiger partial charge is 0.298 e. The first-order valence-corrected chi connectivity index (χ1v) is 12.1. The second-order valence-corrected chi connectivity index (χ2v) is 8.91. The number of nitrogens with one attached hydrogen (secondary N) is 1. The lowest BCUT2D eigenvalue weighted by atomic mass is 9.95. The summed E-state index contributed by atoms with van der Waals surface area (Å²) in [6.07, 6.45) is 1.57. The van der Waals surface area contributed by atoms with E-state index < -0.39 is 0 Å². The third-order valence-electron chi connectivity index (χ3n) is 6.88. The second kappa shape index (κ2) is 10.4. The third-order valence-corrected chi connectivity index (χ3v) is 6.88. The zero-order valence-corrected chi connectivity index (χ0v) is 19.6. The average Bonchev–Trinajstić information content (AvgIpc) is 3.34. The highest BCUT2D eigenvalue weighted by molar-refractivity contribution is 5.79. The maximum Gasteiger partial charge on any atom is 0.298 e. The highest BCUT2D eigenvalue weighted by Gasteiger charge is 2.29. The van der Waals surface area contributed by atoms with E-state index in [1.807, 2.05) is 36.4 Å². The third kappa shape index (κ3) is 5.03. The summed E-state index contributed by atoms with van der Waals surface area (Å²) < 4.78 is 16.8. The van der Waals surface area contributed by atoms with E-state index in [4.69, 9.17) is 13.9 Å². The van der Waals surface area contributed by atoms with Crippen molar-refractivity contribution >= 4 is 23.0 Å². The van der Waals surface area contributed by atoms with Crippen LogP contribution in [-0.4, -0.2) is 68.8 Å². The van der Waals surface area contributed by atoms with Gasteiger partial charge in [0.25, 0.3) is 6.01 Å². The fourth-order valence-electron chi connectivity index (χ4n) is 4.84. The normalized spacial score (nSPS) is 18.7. The Morgan fingerprint density at radius 1 is 1.09 bits per heavy atom. The van der Waals surface area contributed by atoms with Gasteiger partial charge in [-0.2, -0.15) is 4.98 Å². The van der Waals surface area contributed by atoms with Crippen LogP contribution in [0, 0.1) is 5.92 Å². The van der Waals surface area contributed by atoms with Crippen molar-refractivity contribution in [1.29, 1.82) is 0 Å². The lowest BCUT2D eigenvalue weighted by molar-refractivity contribution is -0.126. The molecule has 0 saturated carbocycles. The number of anilines is 1. The van der Waals surface area contributed by atoms with Crippen molar-refractivity contribution in [2.75, 3.05) is 57.9 Å². The van der Waals surface area contributed by atoms with Gasteiger partial charge in [0.2, 0.25) is 5.91 Å². The summed E-state index contributed by atoms with van der Waals surface area (Å²) in [6.45, 7) is 5.25. The number of carbonyl (C=O) groups is 1. The number of morpholine rings is 1. The van der Waals surface area contributed by atoms with E-state index in [-0.39, 0.29) is 17.9 Å². The van der Waals surface area contributed by atoms with Gasteiger partial charge in [0, 0.05) is 38.6 Å². The SMILES string of the molecule is COc1ccc(C(CNC(=O)C2CCN(c3nc4ccccc4o3)CC2)N2CCOCC2)cc1. The van der Waals surface area contributed by atoms with E-state index in [0.29, 0.717) is 12.6 Å². The number of carbonyl (C=O) groups excluding carboxylic acids is 1. The Bertz CT molecular complexity index is 1050. The number of para-hydroxylation sites is 2. The van der Waals surface area contributed by atoms with Crippen molar-refractivity contribution in [2.24, 2.45) is 5.92 Å². The number of aromatic nitrogens is 1. The molecule has 2 fully saturated rings. The van der Waals surface area contributed by atoms with Crippen LogP contribution in [0.3, 0.4) is 0 Å². The van der Waals surface area contributed by atoms with Crippen LogP contribution in [0.1, 0.15) is 24.4 Å². The predicted molar refractivity (Wildman–Crippen MR) is 130 cm³/mol. The predicted octanol–water partition coefficient (Wildman–Crippen LogP) is 3.24. The molecule has 5 rings (SSSR count). The van der Waals surface area contributed by atoms with Gasteiger partial charge in [-0.15, -0.1) is 0 Å². The molecule has 2 saturated heterocycles. The zero-order valence-electron chi connectivity index (χ0n) is 19.6. The van der Waals surface area contributed by atoms with Gasteiger partial charge in [0.15, 0.2) is 5.58 Å². The van der Waals surface area contributed by atoms with Crippen molar-refractivity contribution < 1.29 is 18.7 Å². The lowest BCUT2D eigenvalue weighted by Gasteiger charge is -2.35. The van der Waals surface area contributed by atoms with Crippen LogP contribution < -0.4 is 15.0 Å². The maximum atomic E-state index is 13.1. The number of amides is 1. The van der Waals surface area contributed by atoms with Crippen molar-refractivity contribution in [3.8, 4) is 5.75 Å². The molecular weight excluding hydrogens is 432 g/mol. The van der Waals surface area contributed by atoms with Crippen LogP contribution in [0.25, 0.3) is 11.1 Å². The molecule has 1 amide bonds.